The van der Waals surface area contributed by atoms with Crippen LogP contribution in [0.1, 0.15) is 25.8 Å². The van der Waals surface area contributed by atoms with Crippen LogP contribution in [0.25, 0.3) is 0 Å². The lowest BCUT2D eigenvalue weighted by atomic mass is 9.95. The van der Waals surface area contributed by atoms with Gasteiger partial charge in [0.05, 0.1) is 6.42 Å². The van der Waals surface area contributed by atoms with E-state index in [-0.39, 0.29) is 24.9 Å². The van der Waals surface area contributed by atoms with E-state index in [1.165, 1.54) is 6.20 Å². The lowest BCUT2D eigenvalue weighted by Gasteiger charge is -2.13. The quantitative estimate of drug-likeness (QED) is 0.630. The smallest absolute Gasteiger partial charge is 0.310 e. The minimum absolute atomic E-state index is 0.167. The molecule has 0 radical (unpaired) electrons. The molecule has 0 fully saturated rings. The Morgan fingerprint density at radius 1 is 1.37 bits per heavy atom. The van der Waals surface area contributed by atoms with Crippen molar-refractivity contribution in [3.8, 4) is 0 Å². The fourth-order valence-corrected chi connectivity index (χ4v) is 1.59. The summed E-state index contributed by atoms with van der Waals surface area (Å²) in [5.41, 5.74) is 8.12. The maximum Gasteiger partial charge on any atom is 0.310 e. The lowest BCUT2D eigenvalue weighted by molar-refractivity contribution is -0.144. The van der Waals surface area contributed by atoms with E-state index < -0.39 is 0 Å². The summed E-state index contributed by atoms with van der Waals surface area (Å²) in [6.07, 6.45) is 1.60. The number of allylic oxidation sites excluding steroid dienone is 1. The maximum atomic E-state index is 11.8. The van der Waals surface area contributed by atoms with Crippen LogP contribution in [0.5, 0.6) is 0 Å². The Hall–Kier alpha value is -2.03. The third-order valence-electron chi connectivity index (χ3n) is 2.89. The number of carbonyl (C=O) groups excluding carboxylic acids is 1. The van der Waals surface area contributed by atoms with Crippen LogP contribution < -0.4 is 5.73 Å². The second-order valence-corrected chi connectivity index (χ2v) is 4.69. The minimum atomic E-state index is -0.289. The van der Waals surface area contributed by atoms with Gasteiger partial charge in [0.2, 0.25) is 0 Å². The van der Waals surface area contributed by atoms with Gasteiger partial charge >= 0.3 is 5.97 Å². The highest BCUT2D eigenvalue weighted by molar-refractivity contribution is 5.73. The van der Waals surface area contributed by atoms with Gasteiger partial charge in [0.15, 0.2) is 0 Å². The highest BCUT2D eigenvalue weighted by Gasteiger charge is 2.12. The zero-order chi connectivity index (χ0) is 14.3. The highest BCUT2D eigenvalue weighted by Crippen LogP contribution is 2.20. The Morgan fingerprint density at radius 2 is 2.00 bits per heavy atom. The van der Waals surface area contributed by atoms with Crippen LogP contribution in [0.4, 0.5) is 0 Å². The number of hydrogen-bond donors (Lipinski definition) is 1. The van der Waals surface area contributed by atoms with Gasteiger partial charge in [0, 0.05) is 0 Å². The lowest BCUT2D eigenvalue weighted by Crippen LogP contribution is -2.09. The monoisotopic (exact) mass is 259 g/mol. The van der Waals surface area contributed by atoms with E-state index in [9.17, 15) is 4.79 Å². The van der Waals surface area contributed by atoms with Crippen molar-refractivity contribution in [3.63, 3.8) is 0 Å². The third-order valence-corrected chi connectivity index (χ3v) is 2.89. The van der Waals surface area contributed by atoms with E-state index >= 15 is 0 Å². The normalized spacial score (nSPS) is 11.4. The second kappa shape index (κ2) is 7.41. The van der Waals surface area contributed by atoms with Gasteiger partial charge in [0.1, 0.15) is 6.61 Å². The second-order valence-electron chi connectivity index (χ2n) is 4.69. The van der Waals surface area contributed by atoms with Crippen molar-refractivity contribution in [2.75, 3.05) is 0 Å². The van der Waals surface area contributed by atoms with E-state index in [1.807, 2.05) is 44.2 Å². The first-order valence-corrected chi connectivity index (χ1v) is 6.34. The fraction of sp³-hybridized carbons (Fsp3) is 0.312. The number of rotatable bonds is 6. The standard InChI is InChI=1S/C16H21NO2/c1-12(2)13(3)15(10-17)9-16(18)19-11-14-7-5-4-6-8-14/h4-8,10,12H,3,9,11,17H2,1-2H3/b15-10+. The van der Waals surface area contributed by atoms with Crippen LogP contribution in [0.15, 0.2) is 54.3 Å². The minimum Gasteiger partial charge on any atom is -0.461 e. The molecule has 0 saturated heterocycles. The molecule has 102 valence electrons. The molecule has 19 heavy (non-hydrogen) atoms. The topological polar surface area (TPSA) is 52.3 Å². The van der Waals surface area contributed by atoms with Gasteiger partial charge in [-0.25, -0.2) is 0 Å². The Kier molecular flexibility index (Phi) is 5.86. The molecule has 0 aliphatic carbocycles. The number of carbonyl (C=O) groups is 1. The van der Waals surface area contributed by atoms with Gasteiger partial charge in [-0.2, -0.15) is 0 Å². The van der Waals surface area contributed by atoms with Crippen molar-refractivity contribution >= 4 is 5.97 Å². The summed E-state index contributed by atoms with van der Waals surface area (Å²) in [5.74, 6) is -0.0286. The SMILES string of the molecule is C=C(/C(=C/N)CC(=O)OCc1ccccc1)C(C)C. The van der Waals surface area contributed by atoms with Crippen molar-refractivity contribution in [2.45, 2.75) is 26.9 Å². The molecular weight excluding hydrogens is 238 g/mol. The number of benzene rings is 1. The Labute approximate surface area is 114 Å². The molecule has 3 nitrogen and oxygen atoms in total. The molecule has 0 heterocycles. The van der Waals surface area contributed by atoms with Crippen molar-refractivity contribution in [1.82, 2.24) is 0 Å². The summed E-state index contributed by atoms with van der Waals surface area (Å²) in [5, 5.41) is 0. The average molecular weight is 259 g/mol. The number of ether oxygens (including phenoxy) is 1. The van der Waals surface area contributed by atoms with Gasteiger partial charge in [-0.3, -0.25) is 4.79 Å². The summed E-state index contributed by atoms with van der Waals surface area (Å²) in [6, 6.07) is 9.58. The van der Waals surface area contributed by atoms with Crippen LogP contribution in [-0.2, 0) is 16.1 Å². The molecular formula is C16H21NO2. The summed E-state index contributed by atoms with van der Waals surface area (Å²) in [4.78, 5) is 11.8. The van der Waals surface area contributed by atoms with Gasteiger partial charge < -0.3 is 10.5 Å². The Balaban J connectivity index is 2.49. The summed E-state index contributed by atoms with van der Waals surface area (Å²) >= 11 is 0. The summed E-state index contributed by atoms with van der Waals surface area (Å²) < 4.78 is 5.21. The van der Waals surface area contributed by atoms with E-state index in [1.54, 1.807) is 0 Å². The van der Waals surface area contributed by atoms with E-state index in [0.29, 0.717) is 0 Å². The molecule has 1 rings (SSSR count). The molecule has 0 atom stereocenters. The van der Waals surface area contributed by atoms with Crippen LogP contribution in [0.2, 0.25) is 0 Å². The first-order chi connectivity index (χ1) is 9.04. The van der Waals surface area contributed by atoms with Crippen molar-refractivity contribution < 1.29 is 9.53 Å². The van der Waals surface area contributed by atoms with Crippen molar-refractivity contribution in [2.24, 2.45) is 11.7 Å². The van der Waals surface area contributed by atoms with Gasteiger partial charge in [-0.05, 0) is 28.8 Å². The van der Waals surface area contributed by atoms with Crippen LogP contribution in [0.3, 0.4) is 0 Å². The van der Waals surface area contributed by atoms with Gasteiger partial charge in [-0.15, -0.1) is 0 Å². The molecule has 1 aromatic carbocycles. The largest absolute Gasteiger partial charge is 0.461 e. The zero-order valence-corrected chi connectivity index (χ0v) is 11.6. The van der Waals surface area contributed by atoms with E-state index in [2.05, 4.69) is 6.58 Å². The molecule has 0 aliphatic heterocycles. The summed E-state index contributed by atoms with van der Waals surface area (Å²) in [6.45, 7) is 8.25. The molecule has 0 unspecified atom stereocenters. The number of nitrogens with two attached hydrogens (primary N) is 1. The first-order valence-electron chi connectivity index (χ1n) is 6.34. The van der Waals surface area contributed by atoms with Gasteiger partial charge in [-0.1, -0.05) is 50.8 Å². The first kappa shape index (κ1) is 15.0. The predicted octanol–water partition coefficient (Wildman–Crippen LogP) is 3.17. The fourth-order valence-electron chi connectivity index (χ4n) is 1.59. The summed E-state index contributed by atoms with van der Waals surface area (Å²) in [7, 11) is 0. The number of hydrogen-bond acceptors (Lipinski definition) is 3. The molecule has 0 amide bonds. The van der Waals surface area contributed by atoms with Gasteiger partial charge in [0.25, 0.3) is 0 Å². The molecule has 0 spiro atoms. The molecule has 0 bridgehead atoms. The highest BCUT2D eigenvalue weighted by atomic mass is 16.5. The zero-order valence-electron chi connectivity index (χ0n) is 11.6. The van der Waals surface area contributed by atoms with E-state index in [0.717, 1.165) is 16.7 Å². The molecule has 0 aromatic heterocycles. The predicted molar refractivity (Wildman–Crippen MR) is 77.1 cm³/mol. The third kappa shape index (κ3) is 5.00. The number of esters is 1. The maximum absolute atomic E-state index is 11.8. The Bertz CT molecular complexity index is 461. The molecule has 0 saturated carbocycles. The average Bonchev–Trinajstić information content (AvgIpc) is 2.42. The van der Waals surface area contributed by atoms with Crippen molar-refractivity contribution in [3.05, 3.63) is 59.8 Å². The van der Waals surface area contributed by atoms with Crippen molar-refractivity contribution in [1.29, 1.82) is 0 Å². The molecule has 1 aromatic rings. The molecule has 0 aliphatic rings. The van der Waals surface area contributed by atoms with Crippen LogP contribution >= 0.6 is 0 Å². The molecule has 2 N–H and O–H groups in total. The van der Waals surface area contributed by atoms with Crippen LogP contribution in [0, 0.1) is 5.92 Å². The molecule has 3 heteroatoms. The Morgan fingerprint density at radius 3 is 2.53 bits per heavy atom. The van der Waals surface area contributed by atoms with E-state index in [4.69, 9.17) is 10.5 Å². The van der Waals surface area contributed by atoms with Crippen LogP contribution in [-0.4, -0.2) is 5.97 Å².